The van der Waals surface area contributed by atoms with Crippen LogP contribution in [0.5, 0.6) is 0 Å². The first-order valence-corrected chi connectivity index (χ1v) is 17.8. The average Bonchev–Trinajstić information content (AvgIpc) is 3.23. The standard InChI is InChI=1S/C20H15.C9H13.C2H6Si.2ClH.Zr/c1-14-12-17-8-4-5-9-19(17)20(14)18-11-10-15-6-2-3-7-16(15)13-18;1-6-5-7(2)9(4)8(6)3;1-3-2;;;/h2-13H,1H3;6H,1-4H3;1-2H3;2*1H;/q2*-1;;;;+2/p-2. The molecule has 0 heterocycles. The quantitative estimate of drug-likeness (QED) is 0.234. The number of fused-ring (bicyclic) bond motifs is 2. The van der Waals surface area contributed by atoms with Crippen LogP contribution in [0.15, 0.2) is 89.5 Å². The summed E-state index contributed by atoms with van der Waals surface area (Å²) in [6.07, 6.45) is 3.36. The Bertz CT molecular complexity index is 1360. The van der Waals surface area contributed by atoms with Gasteiger partial charge in [-0.05, 0) is 10.8 Å². The summed E-state index contributed by atoms with van der Waals surface area (Å²) in [7, 11) is 0. The summed E-state index contributed by atoms with van der Waals surface area (Å²) in [5.74, 6) is 0.560. The van der Waals surface area contributed by atoms with Crippen LogP contribution in [-0.2, 0) is 23.3 Å². The first-order chi connectivity index (χ1) is 15.7. The van der Waals surface area contributed by atoms with Gasteiger partial charge in [0.05, 0.1) is 0 Å². The summed E-state index contributed by atoms with van der Waals surface area (Å²) in [5, 5.41) is 5.27. The molecule has 4 heteroatoms. The Morgan fingerprint density at radius 1 is 0.829 bits per heavy atom. The van der Waals surface area contributed by atoms with Gasteiger partial charge in [-0.1, -0.05) is 87.7 Å². The second-order valence-electron chi connectivity index (χ2n) is 9.15. The van der Waals surface area contributed by atoms with Gasteiger partial charge in [0.25, 0.3) is 0 Å². The fourth-order valence-electron chi connectivity index (χ4n) is 4.26. The molecule has 0 amide bonds. The predicted molar refractivity (Wildman–Crippen MR) is 145 cm³/mol. The average molecular weight is 597 g/mol. The molecule has 1 atom stereocenters. The normalized spacial score (nSPS) is 14.2. The van der Waals surface area contributed by atoms with E-state index in [1.54, 1.807) is 23.3 Å². The van der Waals surface area contributed by atoms with Gasteiger partial charge in [-0.15, -0.1) is 53.1 Å². The summed E-state index contributed by atoms with van der Waals surface area (Å²) < 4.78 is 0. The fourth-order valence-corrected chi connectivity index (χ4v) is 4.26. The van der Waals surface area contributed by atoms with Crippen LogP contribution < -0.4 is 24.8 Å². The van der Waals surface area contributed by atoms with E-state index in [9.17, 15) is 0 Å². The Labute approximate surface area is 239 Å². The summed E-state index contributed by atoms with van der Waals surface area (Å²) in [5.41, 5.74) is 8.48. The SMILES string of the molecule is CC1=[C-]C(C)C(C)=C1C.C[Si](C)=[Zr+2].Cc1[cH-]c2ccccc2c1-c1ccc2ccccc2c1.[Cl-].[Cl-]. The molecule has 0 bridgehead atoms. The molecule has 4 aromatic carbocycles. The van der Waals surface area contributed by atoms with Crippen LogP contribution in [0.1, 0.15) is 33.3 Å². The zero-order valence-electron chi connectivity index (χ0n) is 21.8. The van der Waals surface area contributed by atoms with Gasteiger partial charge in [0.15, 0.2) is 0 Å². The first-order valence-electron chi connectivity index (χ1n) is 11.6. The minimum atomic E-state index is 0. The molecule has 0 aliphatic heterocycles. The van der Waals surface area contributed by atoms with Gasteiger partial charge in [0, 0.05) is 0 Å². The number of halogens is 2. The maximum Gasteiger partial charge on any atom is -0.0184 e. The van der Waals surface area contributed by atoms with E-state index in [2.05, 4.69) is 127 Å². The third kappa shape index (κ3) is 8.09. The topological polar surface area (TPSA) is 0 Å². The van der Waals surface area contributed by atoms with Crippen molar-refractivity contribution in [3.8, 4) is 11.1 Å². The van der Waals surface area contributed by atoms with E-state index in [4.69, 9.17) is 0 Å². The molecule has 4 aromatic rings. The summed E-state index contributed by atoms with van der Waals surface area (Å²) >= 11 is 1.74. The van der Waals surface area contributed by atoms with Crippen LogP contribution in [-0.4, -0.2) is 5.43 Å². The Kier molecular flexibility index (Phi) is 13.1. The van der Waals surface area contributed by atoms with Crippen molar-refractivity contribution >= 4 is 27.0 Å². The van der Waals surface area contributed by atoms with Gasteiger partial charge >= 0.3 is 41.9 Å². The van der Waals surface area contributed by atoms with Gasteiger partial charge in [0.2, 0.25) is 0 Å². The van der Waals surface area contributed by atoms with Crippen molar-refractivity contribution in [3.63, 3.8) is 0 Å². The number of rotatable bonds is 1. The maximum absolute atomic E-state index is 3.36. The third-order valence-corrected chi connectivity index (χ3v) is 6.27. The molecule has 0 N–H and O–H groups in total. The number of aryl methyl sites for hydroxylation is 1. The van der Waals surface area contributed by atoms with Crippen molar-refractivity contribution in [2.75, 3.05) is 0 Å². The largest absolute Gasteiger partial charge is 1.00 e. The van der Waals surface area contributed by atoms with E-state index in [0.29, 0.717) is 5.92 Å². The van der Waals surface area contributed by atoms with Crippen LogP contribution in [0, 0.1) is 18.9 Å². The number of allylic oxidation sites excluding steroid dienone is 4. The summed E-state index contributed by atoms with van der Waals surface area (Å²) in [6, 6.07) is 26.2. The minimum absolute atomic E-state index is 0. The van der Waals surface area contributed by atoms with Crippen LogP contribution in [0.3, 0.4) is 0 Å². The van der Waals surface area contributed by atoms with Crippen molar-refractivity contribution in [2.45, 2.75) is 47.7 Å². The molecular weight excluding hydrogens is 563 g/mol. The van der Waals surface area contributed by atoms with Gasteiger partial charge in [-0.3, -0.25) is 6.08 Å². The Morgan fingerprint density at radius 2 is 1.40 bits per heavy atom. The number of benzene rings is 3. The van der Waals surface area contributed by atoms with Crippen molar-refractivity contribution in [1.29, 1.82) is 0 Å². The maximum atomic E-state index is 3.36. The van der Waals surface area contributed by atoms with Crippen LogP contribution in [0.25, 0.3) is 32.7 Å². The van der Waals surface area contributed by atoms with Crippen molar-refractivity contribution in [1.82, 2.24) is 0 Å². The predicted octanol–water partition coefficient (Wildman–Crippen LogP) is 3.20. The number of hydrogen-bond donors (Lipinski definition) is 0. The van der Waals surface area contributed by atoms with Gasteiger partial charge in [-0.2, -0.15) is 11.1 Å². The van der Waals surface area contributed by atoms with E-state index < -0.39 is 0 Å². The minimum Gasteiger partial charge on any atom is -1.00 e. The molecule has 0 saturated heterocycles. The van der Waals surface area contributed by atoms with Gasteiger partial charge < -0.3 is 24.8 Å². The van der Waals surface area contributed by atoms with Gasteiger partial charge in [0.1, 0.15) is 0 Å². The molecule has 182 valence electrons. The van der Waals surface area contributed by atoms with Crippen LogP contribution >= 0.6 is 0 Å². The zero-order valence-corrected chi connectivity index (χ0v) is 26.7. The van der Waals surface area contributed by atoms with E-state index in [1.807, 2.05) is 0 Å². The molecule has 1 aliphatic rings. The van der Waals surface area contributed by atoms with Crippen molar-refractivity contribution < 1.29 is 48.1 Å². The molecule has 5 rings (SSSR count). The van der Waals surface area contributed by atoms with Crippen molar-refractivity contribution in [2.24, 2.45) is 5.92 Å². The second-order valence-corrected chi connectivity index (χ2v) is 18.5. The van der Waals surface area contributed by atoms with Crippen LogP contribution in [0.2, 0.25) is 13.1 Å². The molecule has 0 nitrogen and oxygen atoms in total. The molecule has 0 fully saturated rings. The third-order valence-electron chi connectivity index (χ3n) is 6.27. The smallest absolute Gasteiger partial charge is 0.0184 e. The van der Waals surface area contributed by atoms with E-state index in [-0.39, 0.29) is 30.2 Å². The molecule has 0 aromatic heterocycles. The summed E-state index contributed by atoms with van der Waals surface area (Å²) in [4.78, 5) is 0. The first kappa shape index (κ1) is 31.7. The van der Waals surface area contributed by atoms with E-state index >= 15 is 0 Å². The van der Waals surface area contributed by atoms with Crippen LogP contribution in [0.4, 0.5) is 0 Å². The number of hydrogen-bond acceptors (Lipinski definition) is 0. The molecule has 0 saturated carbocycles. The van der Waals surface area contributed by atoms with E-state index in [1.165, 1.54) is 55.0 Å². The molecule has 0 spiro atoms. The molecular formula is C31H34Cl2SiZr-2. The summed E-state index contributed by atoms with van der Waals surface area (Å²) in [6.45, 7) is 15.5. The Balaban J connectivity index is 0.000000346. The second kappa shape index (κ2) is 14.4. The zero-order chi connectivity index (χ0) is 24.1. The molecule has 0 radical (unpaired) electrons. The van der Waals surface area contributed by atoms with Gasteiger partial charge in [-0.25, -0.2) is 5.57 Å². The fraction of sp³-hybridized carbons (Fsp3) is 0.258. The monoisotopic (exact) mass is 594 g/mol. The van der Waals surface area contributed by atoms with E-state index in [0.717, 1.165) is 0 Å². The molecule has 1 unspecified atom stereocenters. The Morgan fingerprint density at radius 3 is 1.94 bits per heavy atom. The Hall–Kier alpha value is -1.31. The van der Waals surface area contributed by atoms with Crippen molar-refractivity contribution in [3.05, 3.63) is 101 Å². The molecule has 1 aliphatic carbocycles. The molecule has 35 heavy (non-hydrogen) atoms.